The van der Waals surface area contributed by atoms with Crippen molar-refractivity contribution in [3.8, 4) is 16.5 Å². The van der Waals surface area contributed by atoms with E-state index in [4.69, 9.17) is 9.72 Å². The second kappa shape index (κ2) is 8.67. The van der Waals surface area contributed by atoms with Gasteiger partial charge < -0.3 is 4.74 Å². The van der Waals surface area contributed by atoms with Crippen LogP contribution in [0.2, 0.25) is 0 Å². The summed E-state index contributed by atoms with van der Waals surface area (Å²) < 4.78 is 5.04. The number of nitrogens with zero attached hydrogens (tertiary/aromatic N) is 2. The van der Waals surface area contributed by atoms with Crippen molar-refractivity contribution in [3.63, 3.8) is 0 Å². The van der Waals surface area contributed by atoms with E-state index in [1.807, 2.05) is 11.4 Å². The fraction of sp³-hybridized carbons (Fsp3) is 0.500. The van der Waals surface area contributed by atoms with E-state index in [0.717, 1.165) is 35.4 Å². The van der Waals surface area contributed by atoms with Crippen molar-refractivity contribution < 1.29 is 9.53 Å². The zero-order valence-corrected chi connectivity index (χ0v) is 18.5. The third-order valence-corrected chi connectivity index (χ3v) is 7.10. The Morgan fingerprint density at radius 2 is 2.25 bits per heavy atom. The molecule has 3 rings (SSSR count). The molecule has 0 saturated heterocycles. The van der Waals surface area contributed by atoms with E-state index >= 15 is 0 Å². The maximum atomic E-state index is 11.8. The third-order valence-electron chi connectivity index (χ3n) is 5.27. The Balaban J connectivity index is 2.07. The molecule has 0 unspecified atom stereocenters. The van der Waals surface area contributed by atoms with Gasteiger partial charge in [-0.05, 0) is 54.5 Å². The van der Waals surface area contributed by atoms with Gasteiger partial charge in [-0.1, -0.05) is 38.6 Å². The Morgan fingerprint density at radius 3 is 2.86 bits per heavy atom. The molecule has 0 saturated carbocycles. The predicted octanol–water partition coefficient (Wildman–Crippen LogP) is 5.49. The molecule has 6 heteroatoms. The van der Waals surface area contributed by atoms with Crippen LogP contribution in [0.5, 0.6) is 0 Å². The highest BCUT2D eigenvalue weighted by molar-refractivity contribution is 7.99. The molecule has 0 bridgehead atoms. The maximum Gasteiger partial charge on any atom is 0.316 e. The zero-order valence-electron chi connectivity index (χ0n) is 16.9. The molecule has 0 fully saturated rings. The fourth-order valence-corrected chi connectivity index (χ4v) is 5.31. The first-order chi connectivity index (χ1) is 13.3. The number of pyridine rings is 1. The molecule has 148 valence electrons. The van der Waals surface area contributed by atoms with Gasteiger partial charge >= 0.3 is 5.97 Å². The summed E-state index contributed by atoms with van der Waals surface area (Å²) >= 11 is 2.96. The minimum Gasteiger partial charge on any atom is -0.465 e. The highest BCUT2D eigenvalue weighted by Crippen LogP contribution is 2.44. The molecule has 1 aliphatic rings. The monoisotopic (exact) mass is 414 g/mol. The van der Waals surface area contributed by atoms with Crippen molar-refractivity contribution in [2.24, 2.45) is 11.3 Å². The van der Waals surface area contributed by atoms with E-state index in [1.54, 1.807) is 18.3 Å². The second-order valence-corrected chi connectivity index (χ2v) is 9.99. The van der Waals surface area contributed by atoms with Crippen molar-refractivity contribution in [2.75, 3.05) is 12.4 Å². The fourth-order valence-electron chi connectivity index (χ4n) is 3.70. The van der Waals surface area contributed by atoms with Gasteiger partial charge in [-0.25, -0.2) is 4.98 Å². The summed E-state index contributed by atoms with van der Waals surface area (Å²) in [6.45, 7) is 9.01. The topological polar surface area (TPSA) is 63.0 Å². The van der Waals surface area contributed by atoms with Gasteiger partial charge in [0.2, 0.25) is 0 Å². The number of aryl methyl sites for hydroxylation is 1. The van der Waals surface area contributed by atoms with Crippen LogP contribution in [0.3, 0.4) is 0 Å². The Bertz CT molecular complexity index is 893. The number of nitriles is 1. The number of esters is 1. The number of fused-ring (bicyclic) bond motifs is 1. The number of carbonyl (C=O) groups is 1. The molecule has 2 aromatic rings. The number of aromatic nitrogens is 1. The van der Waals surface area contributed by atoms with E-state index in [-0.39, 0.29) is 17.1 Å². The zero-order chi connectivity index (χ0) is 20.3. The highest BCUT2D eigenvalue weighted by atomic mass is 32.2. The minimum absolute atomic E-state index is 0.169. The smallest absolute Gasteiger partial charge is 0.316 e. The molecule has 0 spiro atoms. The lowest BCUT2D eigenvalue weighted by Crippen LogP contribution is -2.28. The summed E-state index contributed by atoms with van der Waals surface area (Å²) in [7, 11) is 0. The second-order valence-electron chi connectivity index (χ2n) is 8.08. The molecule has 0 N–H and O–H groups in total. The van der Waals surface area contributed by atoms with Crippen LogP contribution in [0.1, 0.15) is 50.9 Å². The molecule has 2 aromatic heterocycles. The molecule has 4 nitrogen and oxygen atoms in total. The lowest BCUT2D eigenvalue weighted by Gasteiger charge is -2.35. The van der Waals surface area contributed by atoms with E-state index in [9.17, 15) is 10.1 Å². The molecule has 0 aliphatic heterocycles. The van der Waals surface area contributed by atoms with Gasteiger partial charge in [0.1, 0.15) is 11.1 Å². The first-order valence-electron chi connectivity index (χ1n) is 9.63. The Morgan fingerprint density at radius 1 is 1.46 bits per heavy atom. The first-order valence-corrected chi connectivity index (χ1v) is 11.5. The number of thioether (sulfide) groups is 1. The summed E-state index contributed by atoms with van der Waals surface area (Å²) in [4.78, 5) is 17.8. The van der Waals surface area contributed by atoms with Gasteiger partial charge in [-0.15, -0.1) is 11.3 Å². The van der Waals surface area contributed by atoms with Crippen molar-refractivity contribution in [1.29, 1.82) is 5.26 Å². The van der Waals surface area contributed by atoms with Crippen LogP contribution in [0, 0.1) is 22.7 Å². The maximum absolute atomic E-state index is 11.8. The van der Waals surface area contributed by atoms with Crippen LogP contribution in [-0.2, 0) is 22.4 Å². The first kappa shape index (κ1) is 20.9. The predicted molar refractivity (Wildman–Crippen MR) is 115 cm³/mol. The van der Waals surface area contributed by atoms with E-state index in [1.165, 1.54) is 17.3 Å². The van der Waals surface area contributed by atoms with Crippen molar-refractivity contribution in [1.82, 2.24) is 4.98 Å². The number of hydrogen-bond acceptors (Lipinski definition) is 6. The summed E-state index contributed by atoms with van der Waals surface area (Å²) in [5, 5.41) is 12.7. The van der Waals surface area contributed by atoms with Gasteiger partial charge in [0.15, 0.2) is 0 Å². The average Bonchev–Trinajstić information content (AvgIpc) is 3.18. The molecule has 0 radical (unpaired) electrons. The van der Waals surface area contributed by atoms with Crippen molar-refractivity contribution in [3.05, 3.63) is 34.3 Å². The summed E-state index contributed by atoms with van der Waals surface area (Å²) in [6.07, 6.45) is 2.95. The highest BCUT2D eigenvalue weighted by Gasteiger charge is 2.33. The molecule has 0 amide bonds. The largest absolute Gasteiger partial charge is 0.465 e. The Kier molecular flexibility index (Phi) is 6.47. The molecular formula is C22H26N2O2S2. The number of ether oxygens (including phenoxy) is 1. The standard InChI is InChI=1S/C22H26N2O2S2/c1-5-26-19(25)13-28-21-16(12-23)20(18-7-6-10-27-18)15-11-14(22(2,3)4)8-9-17(15)24-21/h6-7,10,14H,5,8-9,11,13H2,1-4H3/t14-/m0/s1. The molecule has 28 heavy (non-hydrogen) atoms. The molecule has 0 aromatic carbocycles. The SMILES string of the molecule is CCOC(=O)CSc1nc2c(c(-c3cccs3)c1C#N)C[C@@H](C(C)(C)C)CC2. The van der Waals surface area contributed by atoms with Crippen LogP contribution in [-0.4, -0.2) is 23.3 Å². The van der Waals surface area contributed by atoms with E-state index in [0.29, 0.717) is 23.1 Å². The van der Waals surface area contributed by atoms with Crippen LogP contribution in [0.4, 0.5) is 0 Å². The van der Waals surface area contributed by atoms with Crippen LogP contribution in [0.15, 0.2) is 22.5 Å². The third kappa shape index (κ3) is 4.42. The molecule has 1 atom stereocenters. The van der Waals surface area contributed by atoms with E-state index < -0.39 is 0 Å². The Labute approximate surface area is 175 Å². The van der Waals surface area contributed by atoms with Crippen LogP contribution >= 0.6 is 23.1 Å². The van der Waals surface area contributed by atoms with Crippen molar-refractivity contribution >= 4 is 29.1 Å². The molecule has 2 heterocycles. The van der Waals surface area contributed by atoms with Crippen LogP contribution < -0.4 is 0 Å². The normalized spacial score (nSPS) is 16.3. The van der Waals surface area contributed by atoms with Crippen LogP contribution in [0.25, 0.3) is 10.4 Å². The quantitative estimate of drug-likeness (QED) is 0.478. The lowest BCUT2D eigenvalue weighted by molar-refractivity contribution is -0.139. The summed E-state index contributed by atoms with van der Waals surface area (Å²) in [5.41, 5.74) is 4.11. The summed E-state index contributed by atoms with van der Waals surface area (Å²) in [6, 6.07) is 6.47. The van der Waals surface area contributed by atoms with Gasteiger partial charge in [0, 0.05) is 16.1 Å². The van der Waals surface area contributed by atoms with Gasteiger partial charge in [0.05, 0.1) is 17.9 Å². The van der Waals surface area contributed by atoms with Gasteiger partial charge in [0.25, 0.3) is 0 Å². The average molecular weight is 415 g/mol. The number of thiophene rings is 1. The number of carbonyl (C=O) groups excluding carboxylic acids is 1. The number of rotatable bonds is 5. The van der Waals surface area contributed by atoms with E-state index in [2.05, 4.69) is 32.9 Å². The van der Waals surface area contributed by atoms with Gasteiger partial charge in [-0.3, -0.25) is 4.79 Å². The Hall–Kier alpha value is -1.84. The number of hydrogen-bond donors (Lipinski definition) is 0. The molecule has 1 aliphatic carbocycles. The molecular weight excluding hydrogens is 388 g/mol. The minimum atomic E-state index is -0.276. The lowest BCUT2D eigenvalue weighted by atomic mass is 9.70. The summed E-state index contributed by atoms with van der Waals surface area (Å²) in [5.74, 6) is 0.453. The van der Waals surface area contributed by atoms with Gasteiger partial charge in [-0.2, -0.15) is 5.26 Å². The van der Waals surface area contributed by atoms with Crippen molar-refractivity contribution in [2.45, 2.75) is 52.0 Å².